The first-order valence-corrected chi connectivity index (χ1v) is 5.45. The van der Waals surface area contributed by atoms with E-state index in [-0.39, 0.29) is 11.7 Å². The van der Waals surface area contributed by atoms with Crippen LogP contribution >= 0.6 is 15.9 Å². The van der Waals surface area contributed by atoms with Crippen molar-refractivity contribution < 1.29 is 4.79 Å². The second-order valence-corrected chi connectivity index (χ2v) is 4.18. The number of carbonyl (C=O) groups is 1. The summed E-state index contributed by atoms with van der Waals surface area (Å²) >= 11 is 3.36. The summed E-state index contributed by atoms with van der Waals surface area (Å²) in [5.41, 5.74) is 6.16. The van der Waals surface area contributed by atoms with E-state index in [1.54, 1.807) is 0 Å². The molecular weight excluding hydrogens is 242 g/mol. The monoisotopic (exact) mass is 255 g/mol. The van der Waals surface area contributed by atoms with Crippen molar-refractivity contribution in [1.82, 2.24) is 0 Å². The Morgan fingerprint density at radius 1 is 1.50 bits per heavy atom. The van der Waals surface area contributed by atoms with E-state index in [1.165, 1.54) is 0 Å². The molecule has 0 saturated heterocycles. The molecule has 0 aliphatic carbocycles. The van der Waals surface area contributed by atoms with Crippen LogP contribution in [0.2, 0.25) is 0 Å². The fraction of sp³-hybridized carbons (Fsp3) is 0.364. The van der Waals surface area contributed by atoms with Crippen LogP contribution in [-0.4, -0.2) is 12.3 Å². The maximum Gasteiger partial charge on any atom is 0.166 e. The Morgan fingerprint density at radius 3 is 2.71 bits per heavy atom. The Hall–Kier alpha value is -0.670. The van der Waals surface area contributed by atoms with Crippen LogP contribution in [0.15, 0.2) is 28.7 Å². The molecule has 0 radical (unpaired) electrons. The fourth-order valence-electron chi connectivity index (χ4n) is 1.31. The molecule has 0 heterocycles. The Labute approximate surface area is 92.6 Å². The first kappa shape index (κ1) is 11.4. The highest BCUT2D eigenvalue weighted by Gasteiger charge is 2.16. The van der Waals surface area contributed by atoms with Crippen molar-refractivity contribution in [3.05, 3.63) is 34.3 Å². The molecule has 1 atom stereocenters. The van der Waals surface area contributed by atoms with Crippen molar-refractivity contribution in [1.29, 1.82) is 0 Å². The highest BCUT2D eigenvalue weighted by Crippen LogP contribution is 2.20. The molecule has 3 heteroatoms. The van der Waals surface area contributed by atoms with Crippen LogP contribution in [0, 0.1) is 5.92 Å². The summed E-state index contributed by atoms with van der Waals surface area (Å²) in [6.45, 7) is 2.46. The number of benzene rings is 1. The number of hydrogen-bond acceptors (Lipinski definition) is 2. The van der Waals surface area contributed by atoms with Crippen molar-refractivity contribution in [3.8, 4) is 0 Å². The lowest BCUT2D eigenvalue weighted by molar-refractivity contribution is 0.0924. The van der Waals surface area contributed by atoms with Gasteiger partial charge in [-0.3, -0.25) is 4.79 Å². The van der Waals surface area contributed by atoms with Gasteiger partial charge in [0.1, 0.15) is 0 Å². The van der Waals surface area contributed by atoms with Crippen molar-refractivity contribution in [2.75, 3.05) is 6.54 Å². The zero-order chi connectivity index (χ0) is 10.6. The molecule has 0 aromatic heterocycles. The van der Waals surface area contributed by atoms with Crippen LogP contribution in [0.1, 0.15) is 23.7 Å². The van der Waals surface area contributed by atoms with Gasteiger partial charge in [0, 0.05) is 16.0 Å². The molecule has 1 rings (SSSR count). The molecule has 1 aromatic carbocycles. The standard InChI is InChI=1S/C11H14BrNO/c1-8(6-7-13)11(14)9-4-2-3-5-10(9)12/h2-5,8H,6-7,13H2,1H3. The second kappa shape index (κ2) is 5.27. The first-order valence-electron chi connectivity index (χ1n) is 4.65. The van der Waals surface area contributed by atoms with Crippen LogP contribution in [0.25, 0.3) is 0 Å². The summed E-state index contributed by atoms with van der Waals surface area (Å²) in [4.78, 5) is 11.9. The van der Waals surface area contributed by atoms with E-state index in [0.717, 1.165) is 16.5 Å². The third-order valence-corrected chi connectivity index (χ3v) is 2.88. The third kappa shape index (κ3) is 2.66. The highest BCUT2D eigenvalue weighted by molar-refractivity contribution is 9.10. The third-order valence-electron chi connectivity index (χ3n) is 2.19. The average Bonchev–Trinajstić information content (AvgIpc) is 2.18. The molecule has 0 amide bonds. The average molecular weight is 256 g/mol. The summed E-state index contributed by atoms with van der Waals surface area (Å²) in [6.07, 6.45) is 0.736. The van der Waals surface area contributed by atoms with Gasteiger partial charge in [0.15, 0.2) is 5.78 Å². The lowest BCUT2D eigenvalue weighted by Crippen LogP contribution is -2.16. The van der Waals surface area contributed by atoms with E-state index < -0.39 is 0 Å². The van der Waals surface area contributed by atoms with E-state index in [1.807, 2.05) is 31.2 Å². The van der Waals surface area contributed by atoms with Crippen LogP contribution in [0.3, 0.4) is 0 Å². The van der Waals surface area contributed by atoms with Gasteiger partial charge < -0.3 is 5.73 Å². The Bertz CT molecular complexity index is 325. The van der Waals surface area contributed by atoms with Gasteiger partial charge in [-0.2, -0.15) is 0 Å². The van der Waals surface area contributed by atoms with Gasteiger partial charge in [0.05, 0.1) is 0 Å². The van der Waals surface area contributed by atoms with Crippen LogP contribution in [0.5, 0.6) is 0 Å². The number of hydrogen-bond donors (Lipinski definition) is 1. The molecule has 76 valence electrons. The SMILES string of the molecule is CC(CCN)C(=O)c1ccccc1Br. The largest absolute Gasteiger partial charge is 0.330 e. The molecule has 1 aromatic rings. The number of halogens is 1. The zero-order valence-electron chi connectivity index (χ0n) is 8.16. The van der Waals surface area contributed by atoms with Gasteiger partial charge in [0.25, 0.3) is 0 Å². The van der Waals surface area contributed by atoms with Crippen LogP contribution < -0.4 is 5.73 Å². The molecule has 0 aliphatic heterocycles. The van der Waals surface area contributed by atoms with Crippen molar-refractivity contribution in [2.45, 2.75) is 13.3 Å². The molecule has 0 fully saturated rings. The van der Waals surface area contributed by atoms with E-state index in [9.17, 15) is 4.79 Å². The van der Waals surface area contributed by atoms with Crippen molar-refractivity contribution >= 4 is 21.7 Å². The molecule has 14 heavy (non-hydrogen) atoms. The molecular formula is C11H14BrNO. The van der Waals surface area contributed by atoms with E-state index in [4.69, 9.17) is 5.73 Å². The summed E-state index contributed by atoms with van der Waals surface area (Å²) in [5, 5.41) is 0. The van der Waals surface area contributed by atoms with Gasteiger partial charge in [-0.1, -0.05) is 41.1 Å². The van der Waals surface area contributed by atoms with Crippen LogP contribution in [-0.2, 0) is 0 Å². The summed E-state index contributed by atoms with van der Waals surface area (Å²) < 4.78 is 0.855. The van der Waals surface area contributed by atoms with Crippen molar-refractivity contribution in [2.24, 2.45) is 11.7 Å². The molecule has 0 bridgehead atoms. The molecule has 0 aliphatic rings. The van der Waals surface area contributed by atoms with Crippen molar-refractivity contribution in [3.63, 3.8) is 0 Å². The van der Waals surface area contributed by atoms with Gasteiger partial charge in [-0.25, -0.2) is 0 Å². The molecule has 2 nitrogen and oxygen atoms in total. The second-order valence-electron chi connectivity index (χ2n) is 3.32. The Morgan fingerprint density at radius 2 is 2.14 bits per heavy atom. The fourth-order valence-corrected chi connectivity index (χ4v) is 1.79. The maximum atomic E-state index is 11.9. The van der Waals surface area contributed by atoms with Gasteiger partial charge in [0.2, 0.25) is 0 Å². The normalized spacial score (nSPS) is 12.5. The summed E-state index contributed by atoms with van der Waals surface area (Å²) in [5.74, 6) is 0.154. The summed E-state index contributed by atoms with van der Waals surface area (Å²) in [6, 6.07) is 7.48. The smallest absolute Gasteiger partial charge is 0.166 e. The van der Waals surface area contributed by atoms with E-state index in [2.05, 4.69) is 15.9 Å². The lowest BCUT2D eigenvalue weighted by atomic mass is 9.97. The zero-order valence-corrected chi connectivity index (χ0v) is 9.75. The Kier molecular flexibility index (Phi) is 4.29. The number of ketones is 1. The minimum atomic E-state index is -0.00120. The highest BCUT2D eigenvalue weighted by atomic mass is 79.9. The van der Waals surface area contributed by atoms with Gasteiger partial charge in [-0.15, -0.1) is 0 Å². The van der Waals surface area contributed by atoms with Gasteiger partial charge in [-0.05, 0) is 19.0 Å². The quantitative estimate of drug-likeness (QED) is 0.841. The molecule has 1 unspecified atom stereocenters. The predicted molar refractivity (Wildman–Crippen MR) is 61.3 cm³/mol. The first-order chi connectivity index (χ1) is 6.66. The maximum absolute atomic E-state index is 11.9. The van der Waals surface area contributed by atoms with E-state index >= 15 is 0 Å². The number of carbonyl (C=O) groups excluding carboxylic acids is 1. The number of Topliss-reactive ketones (excluding diaryl/α,β-unsaturated/α-hetero) is 1. The number of rotatable bonds is 4. The lowest BCUT2D eigenvalue weighted by Gasteiger charge is -2.09. The summed E-state index contributed by atoms with van der Waals surface area (Å²) in [7, 11) is 0. The minimum absolute atomic E-state index is 0.00120. The molecule has 2 N–H and O–H groups in total. The molecule has 0 spiro atoms. The predicted octanol–water partition coefficient (Wildman–Crippen LogP) is 2.62. The Balaban J connectivity index is 2.84. The van der Waals surface area contributed by atoms with E-state index in [0.29, 0.717) is 6.54 Å². The molecule has 0 saturated carbocycles. The number of nitrogens with two attached hydrogens (primary N) is 1. The van der Waals surface area contributed by atoms with Gasteiger partial charge >= 0.3 is 0 Å². The minimum Gasteiger partial charge on any atom is -0.330 e. The van der Waals surface area contributed by atoms with Crippen LogP contribution in [0.4, 0.5) is 0 Å². The topological polar surface area (TPSA) is 43.1 Å².